The van der Waals surface area contributed by atoms with Crippen molar-refractivity contribution in [3.05, 3.63) is 46.8 Å². The number of alkyl halides is 3. The van der Waals surface area contributed by atoms with Crippen molar-refractivity contribution in [2.24, 2.45) is 0 Å². The number of ketones is 1. The maximum atomic E-state index is 12.6. The fourth-order valence-corrected chi connectivity index (χ4v) is 2.72. The summed E-state index contributed by atoms with van der Waals surface area (Å²) in [6.07, 6.45) is -2.39. The topological polar surface area (TPSA) is 34.9 Å². The smallest absolute Gasteiger partial charge is 0.294 e. The molecule has 1 aliphatic carbocycles. The van der Waals surface area contributed by atoms with E-state index in [0.29, 0.717) is 29.8 Å². The van der Waals surface area contributed by atoms with Gasteiger partial charge in [0.15, 0.2) is 5.78 Å². The molecular weight excluding hydrogens is 281 g/mol. The van der Waals surface area contributed by atoms with E-state index in [1.54, 1.807) is 11.6 Å². The molecule has 6 heteroatoms. The summed E-state index contributed by atoms with van der Waals surface area (Å²) in [5.74, 6) is 0.0620. The highest BCUT2D eigenvalue weighted by atomic mass is 19.4. The van der Waals surface area contributed by atoms with Crippen LogP contribution >= 0.6 is 0 Å². The number of halogens is 3. The van der Waals surface area contributed by atoms with Gasteiger partial charge in [-0.3, -0.25) is 4.79 Å². The molecule has 2 aromatic rings. The van der Waals surface area contributed by atoms with Crippen molar-refractivity contribution in [1.82, 2.24) is 9.78 Å². The Morgan fingerprint density at radius 2 is 1.81 bits per heavy atom. The number of hydrogen-bond donors (Lipinski definition) is 0. The first-order valence-electron chi connectivity index (χ1n) is 6.67. The molecule has 0 atom stereocenters. The molecule has 110 valence electrons. The molecule has 1 aromatic heterocycles. The minimum Gasteiger partial charge on any atom is -0.294 e. The number of fused-ring (bicyclic) bond motifs is 1. The Bertz CT molecular complexity index is 699. The number of carbonyl (C=O) groups excluding carboxylic acids is 1. The lowest BCUT2D eigenvalue weighted by Gasteiger charge is -2.14. The number of aromatic nitrogens is 2. The maximum absolute atomic E-state index is 12.6. The van der Waals surface area contributed by atoms with Crippen molar-refractivity contribution >= 4 is 5.78 Å². The second-order valence-corrected chi connectivity index (χ2v) is 5.14. The van der Waals surface area contributed by atoms with E-state index in [-0.39, 0.29) is 5.78 Å². The number of aryl methyl sites for hydroxylation is 1. The largest absolute Gasteiger partial charge is 0.416 e. The van der Waals surface area contributed by atoms with Crippen molar-refractivity contribution in [2.45, 2.75) is 32.4 Å². The molecule has 0 amide bonds. The fraction of sp³-hybridized carbons (Fsp3) is 0.333. The Labute approximate surface area is 119 Å². The van der Waals surface area contributed by atoms with E-state index in [1.165, 1.54) is 12.1 Å². The number of carbonyl (C=O) groups is 1. The molecule has 0 radical (unpaired) electrons. The Balaban J connectivity index is 2.06. The molecule has 0 fully saturated rings. The number of nitrogens with zero attached hydrogens (tertiary/aromatic N) is 2. The van der Waals surface area contributed by atoms with Gasteiger partial charge < -0.3 is 0 Å². The van der Waals surface area contributed by atoms with E-state index in [2.05, 4.69) is 5.10 Å². The molecule has 0 bridgehead atoms. The van der Waals surface area contributed by atoms with E-state index in [4.69, 9.17) is 0 Å². The van der Waals surface area contributed by atoms with Gasteiger partial charge in [0.1, 0.15) is 0 Å². The Morgan fingerprint density at radius 1 is 1.14 bits per heavy atom. The van der Waals surface area contributed by atoms with Gasteiger partial charge in [0.25, 0.3) is 0 Å². The molecule has 3 rings (SSSR count). The third-order valence-corrected chi connectivity index (χ3v) is 3.69. The normalized spacial score (nSPS) is 15.1. The zero-order valence-corrected chi connectivity index (χ0v) is 11.4. The van der Waals surface area contributed by atoms with Crippen LogP contribution in [0.25, 0.3) is 5.69 Å². The summed E-state index contributed by atoms with van der Waals surface area (Å²) in [4.78, 5) is 11.9. The first kappa shape index (κ1) is 13.9. The molecular formula is C15H13F3N2O. The first-order valence-corrected chi connectivity index (χ1v) is 6.67. The van der Waals surface area contributed by atoms with Crippen LogP contribution in [0.2, 0.25) is 0 Å². The lowest BCUT2D eigenvalue weighted by Crippen LogP contribution is -2.13. The Kier molecular flexibility index (Phi) is 3.11. The number of hydrogen-bond acceptors (Lipinski definition) is 2. The average molecular weight is 294 g/mol. The minimum absolute atomic E-state index is 0.0620. The van der Waals surface area contributed by atoms with Crippen LogP contribution in [0.3, 0.4) is 0 Å². The van der Waals surface area contributed by atoms with Gasteiger partial charge in [-0.1, -0.05) is 0 Å². The summed E-state index contributed by atoms with van der Waals surface area (Å²) in [5.41, 5.74) is 1.90. The highest BCUT2D eigenvalue weighted by Crippen LogP contribution is 2.31. The van der Waals surface area contributed by atoms with Crippen LogP contribution in [0.5, 0.6) is 0 Å². The van der Waals surface area contributed by atoms with Crippen molar-refractivity contribution in [3.8, 4) is 5.69 Å². The van der Waals surface area contributed by atoms with Crippen molar-refractivity contribution in [2.75, 3.05) is 0 Å². The molecule has 1 aromatic carbocycles. The van der Waals surface area contributed by atoms with Crippen LogP contribution in [0.4, 0.5) is 13.2 Å². The van der Waals surface area contributed by atoms with Crippen molar-refractivity contribution in [3.63, 3.8) is 0 Å². The summed E-state index contributed by atoms with van der Waals surface area (Å²) in [7, 11) is 0. The van der Waals surface area contributed by atoms with E-state index in [1.807, 2.05) is 0 Å². The fourth-order valence-electron chi connectivity index (χ4n) is 2.72. The van der Waals surface area contributed by atoms with Gasteiger partial charge in [-0.05, 0) is 44.0 Å². The molecule has 0 spiro atoms. The number of rotatable bonds is 1. The van der Waals surface area contributed by atoms with Crippen LogP contribution in [0, 0.1) is 6.92 Å². The second kappa shape index (κ2) is 4.72. The standard InChI is InChI=1S/C15H13F3N2O/c1-9-14-12(3-2-4-13(14)21)20(19-9)11-7-5-10(6-8-11)15(16,17)18/h5-8H,2-4H2,1H3. The predicted molar refractivity (Wildman–Crippen MR) is 70.6 cm³/mol. The number of Topliss-reactive ketones (excluding diaryl/α,β-unsaturated/α-hetero) is 1. The van der Waals surface area contributed by atoms with Crippen LogP contribution < -0.4 is 0 Å². The van der Waals surface area contributed by atoms with E-state index < -0.39 is 11.7 Å². The van der Waals surface area contributed by atoms with Gasteiger partial charge in [0, 0.05) is 6.42 Å². The predicted octanol–water partition coefficient (Wildman–Crippen LogP) is 3.72. The quantitative estimate of drug-likeness (QED) is 0.803. The summed E-state index contributed by atoms with van der Waals surface area (Å²) >= 11 is 0. The molecule has 0 N–H and O–H groups in total. The van der Waals surface area contributed by atoms with Gasteiger partial charge >= 0.3 is 6.18 Å². The molecule has 0 unspecified atom stereocenters. The molecule has 1 heterocycles. The zero-order chi connectivity index (χ0) is 15.2. The SMILES string of the molecule is Cc1nn(-c2ccc(C(F)(F)F)cc2)c2c1C(=O)CCC2. The lowest BCUT2D eigenvalue weighted by atomic mass is 9.94. The molecule has 3 nitrogen and oxygen atoms in total. The first-order chi connectivity index (χ1) is 9.88. The second-order valence-electron chi connectivity index (χ2n) is 5.14. The van der Waals surface area contributed by atoms with Crippen LogP contribution in [0.1, 0.15) is 40.2 Å². The van der Waals surface area contributed by atoms with Crippen LogP contribution in [0.15, 0.2) is 24.3 Å². The number of benzene rings is 1. The van der Waals surface area contributed by atoms with E-state index >= 15 is 0 Å². The Hall–Kier alpha value is -2.11. The highest BCUT2D eigenvalue weighted by molar-refractivity contribution is 5.99. The summed E-state index contributed by atoms with van der Waals surface area (Å²) in [6.45, 7) is 1.75. The third-order valence-electron chi connectivity index (χ3n) is 3.69. The van der Waals surface area contributed by atoms with E-state index in [0.717, 1.165) is 24.2 Å². The molecule has 21 heavy (non-hydrogen) atoms. The van der Waals surface area contributed by atoms with Crippen molar-refractivity contribution in [1.29, 1.82) is 0 Å². The van der Waals surface area contributed by atoms with E-state index in [9.17, 15) is 18.0 Å². The van der Waals surface area contributed by atoms with Gasteiger partial charge in [-0.15, -0.1) is 0 Å². The summed E-state index contributed by atoms with van der Waals surface area (Å²) < 4.78 is 39.3. The lowest BCUT2D eigenvalue weighted by molar-refractivity contribution is -0.137. The van der Waals surface area contributed by atoms with Crippen LogP contribution in [-0.2, 0) is 12.6 Å². The maximum Gasteiger partial charge on any atom is 0.416 e. The van der Waals surface area contributed by atoms with Gasteiger partial charge in [0.05, 0.1) is 28.2 Å². The molecule has 0 aliphatic heterocycles. The highest BCUT2D eigenvalue weighted by Gasteiger charge is 2.30. The van der Waals surface area contributed by atoms with Crippen molar-refractivity contribution < 1.29 is 18.0 Å². The van der Waals surface area contributed by atoms with Gasteiger partial charge in [-0.2, -0.15) is 18.3 Å². The van der Waals surface area contributed by atoms with Gasteiger partial charge in [-0.25, -0.2) is 4.68 Å². The summed E-state index contributed by atoms with van der Waals surface area (Å²) in [6, 6.07) is 4.83. The van der Waals surface area contributed by atoms with Crippen LogP contribution in [-0.4, -0.2) is 15.6 Å². The molecule has 0 saturated carbocycles. The molecule has 0 saturated heterocycles. The molecule has 1 aliphatic rings. The summed E-state index contributed by atoms with van der Waals surface area (Å²) in [5, 5.41) is 4.32. The monoisotopic (exact) mass is 294 g/mol. The average Bonchev–Trinajstić information content (AvgIpc) is 2.77. The zero-order valence-electron chi connectivity index (χ0n) is 11.4. The third kappa shape index (κ3) is 2.34. The Morgan fingerprint density at radius 3 is 2.43 bits per heavy atom. The minimum atomic E-state index is -4.35. The van der Waals surface area contributed by atoms with Gasteiger partial charge in [0.2, 0.25) is 0 Å².